The van der Waals surface area contributed by atoms with Crippen LogP contribution >= 0.6 is 11.5 Å². The molecule has 5 rings (SSSR count). The summed E-state index contributed by atoms with van der Waals surface area (Å²) in [5, 5.41) is 3.28. The molecule has 12 heteroatoms. The Morgan fingerprint density at radius 2 is 1.58 bits per heavy atom. The molecule has 0 atom stereocenters. The molecule has 0 spiro atoms. The molecule has 2 N–H and O–H groups in total. The summed E-state index contributed by atoms with van der Waals surface area (Å²) in [6.45, 7) is 0.947. The van der Waals surface area contributed by atoms with E-state index in [0.717, 1.165) is 29.9 Å². The summed E-state index contributed by atoms with van der Waals surface area (Å²) >= 11 is 1.08. The van der Waals surface area contributed by atoms with Gasteiger partial charge in [0.25, 0.3) is 0 Å². The van der Waals surface area contributed by atoms with Crippen molar-refractivity contribution >= 4 is 38.4 Å². The molecule has 2 aromatic heterocycles. The summed E-state index contributed by atoms with van der Waals surface area (Å²) in [5.74, 6) is 0.549. The molecule has 5 aromatic rings. The van der Waals surface area contributed by atoms with E-state index in [1.165, 1.54) is 11.1 Å². The summed E-state index contributed by atoms with van der Waals surface area (Å²) in [6, 6.07) is 27.1. The topological polar surface area (TPSA) is 130 Å². The van der Waals surface area contributed by atoms with Gasteiger partial charge in [-0.3, -0.25) is 20.0 Å². The molecule has 0 bridgehead atoms. The molecule has 220 valence electrons. The quantitative estimate of drug-likeness (QED) is 0.186. The van der Waals surface area contributed by atoms with Crippen LogP contribution in [0, 0.1) is 0 Å². The average Bonchev–Trinajstić information content (AvgIpc) is 3.48. The molecule has 2 amide bonds. The number of aromatic nitrogens is 4. The van der Waals surface area contributed by atoms with E-state index in [1.54, 1.807) is 47.8 Å². The Morgan fingerprint density at radius 1 is 0.907 bits per heavy atom. The van der Waals surface area contributed by atoms with Crippen molar-refractivity contribution in [2.45, 2.75) is 18.8 Å². The van der Waals surface area contributed by atoms with Gasteiger partial charge < -0.3 is 4.90 Å². The minimum absolute atomic E-state index is 0.113. The van der Waals surface area contributed by atoms with Gasteiger partial charge in [-0.05, 0) is 41.8 Å². The standard InChI is InChI=1S/C31H31N7O3S2/c1-43(40,41)37-26-14-12-25(13-15-26)29-34-30(42-36-29)35-31(39)38(20-16-27-22-32-18-19-33-27)21-17-28(23-8-4-2-5-9-23)24-10-6-3-7-11-24/h2-15,18-19,22,28,37H,16-17,20-21H2,1H3,(H,34,35,36,39). The first kappa shape index (κ1) is 29.8. The fourth-order valence-corrected chi connectivity index (χ4v) is 5.81. The van der Waals surface area contributed by atoms with Gasteiger partial charge >= 0.3 is 6.03 Å². The lowest BCUT2D eigenvalue weighted by Crippen LogP contribution is -2.38. The minimum atomic E-state index is -3.38. The number of nitrogens with zero attached hydrogens (tertiary/aromatic N) is 5. The van der Waals surface area contributed by atoms with Crippen molar-refractivity contribution in [1.29, 1.82) is 0 Å². The molecule has 10 nitrogen and oxygen atoms in total. The number of urea groups is 1. The molecule has 0 fully saturated rings. The second-order valence-electron chi connectivity index (χ2n) is 9.90. The third-order valence-corrected chi connectivity index (χ3v) is 7.96. The Morgan fingerprint density at radius 3 is 2.19 bits per heavy atom. The predicted octanol–water partition coefficient (Wildman–Crippen LogP) is 5.67. The van der Waals surface area contributed by atoms with Gasteiger partial charge in [0.15, 0.2) is 5.82 Å². The van der Waals surface area contributed by atoms with Crippen LogP contribution in [-0.2, 0) is 16.4 Å². The van der Waals surface area contributed by atoms with E-state index in [2.05, 4.69) is 53.6 Å². The van der Waals surface area contributed by atoms with E-state index in [-0.39, 0.29) is 11.9 Å². The second kappa shape index (κ2) is 14.0. The lowest BCUT2D eigenvalue weighted by Gasteiger charge is -2.26. The second-order valence-corrected chi connectivity index (χ2v) is 12.4. The average molecular weight is 614 g/mol. The Kier molecular flexibility index (Phi) is 9.70. The van der Waals surface area contributed by atoms with E-state index < -0.39 is 10.0 Å². The van der Waals surface area contributed by atoms with Crippen LogP contribution in [0.3, 0.4) is 0 Å². The SMILES string of the molecule is CS(=O)(=O)Nc1ccc(-c2nsc(NC(=O)N(CCc3cnccn3)CCC(c3ccccc3)c3ccccc3)n2)cc1. The smallest absolute Gasteiger partial charge is 0.323 e. The highest BCUT2D eigenvalue weighted by atomic mass is 32.2. The Hall–Kier alpha value is -4.68. The normalized spacial score (nSPS) is 11.3. The van der Waals surface area contributed by atoms with E-state index >= 15 is 0 Å². The van der Waals surface area contributed by atoms with Gasteiger partial charge in [0.1, 0.15) is 0 Å². The zero-order chi connectivity index (χ0) is 30.1. The molecule has 0 saturated carbocycles. The third-order valence-electron chi connectivity index (χ3n) is 6.72. The van der Waals surface area contributed by atoms with Gasteiger partial charge in [0, 0.05) is 66.8 Å². The number of rotatable bonds is 12. The fourth-order valence-electron chi connectivity index (χ4n) is 4.67. The van der Waals surface area contributed by atoms with E-state index in [4.69, 9.17) is 0 Å². The van der Waals surface area contributed by atoms with Crippen LogP contribution in [0.2, 0.25) is 0 Å². The Balaban J connectivity index is 1.31. The lowest BCUT2D eigenvalue weighted by molar-refractivity contribution is 0.210. The zero-order valence-electron chi connectivity index (χ0n) is 23.5. The van der Waals surface area contributed by atoms with E-state index in [9.17, 15) is 13.2 Å². The van der Waals surface area contributed by atoms with Gasteiger partial charge in [-0.1, -0.05) is 60.7 Å². The van der Waals surface area contributed by atoms with Crippen LogP contribution < -0.4 is 10.0 Å². The maximum atomic E-state index is 13.6. The number of benzene rings is 3. The van der Waals surface area contributed by atoms with Gasteiger partial charge in [0.2, 0.25) is 15.2 Å². The number of amides is 2. The zero-order valence-corrected chi connectivity index (χ0v) is 25.1. The highest BCUT2D eigenvalue weighted by Gasteiger charge is 2.21. The predicted molar refractivity (Wildman–Crippen MR) is 169 cm³/mol. The number of sulfonamides is 1. The van der Waals surface area contributed by atoms with E-state index in [1.807, 2.05) is 36.4 Å². The number of carbonyl (C=O) groups is 1. The maximum Gasteiger partial charge on any atom is 0.323 e. The van der Waals surface area contributed by atoms with Crippen molar-refractivity contribution < 1.29 is 13.2 Å². The molecule has 0 radical (unpaired) electrons. The number of hydrogen-bond donors (Lipinski definition) is 2. The van der Waals surface area contributed by atoms with Gasteiger partial charge in [0.05, 0.1) is 11.9 Å². The van der Waals surface area contributed by atoms with Crippen LogP contribution in [0.25, 0.3) is 11.4 Å². The largest absolute Gasteiger partial charge is 0.324 e. The van der Waals surface area contributed by atoms with Crippen molar-refractivity contribution in [1.82, 2.24) is 24.2 Å². The molecule has 3 aromatic carbocycles. The van der Waals surface area contributed by atoms with Crippen LogP contribution in [0.1, 0.15) is 29.2 Å². The number of carbonyl (C=O) groups excluding carboxylic acids is 1. The van der Waals surface area contributed by atoms with Crippen molar-refractivity contribution in [2.24, 2.45) is 0 Å². The maximum absolute atomic E-state index is 13.6. The van der Waals surface area contributed by atoms with Crippen LogP contribution in [0.15, 0.2) is 104 Å². The molecular formula is C31H31N7O3S2. The number of anilines is 2. The minimum Gasteiger partial charge on any atom is -0.324 e. The summed E-state index contributed by atoms with van der Waals surface area (Å²) in [5.41, 5.74) is 4.32. The highest BCUT2D eigenvalue weighted by molar-refractivity contribution is 7.92. The molecule has 0 aliphatic rings. The molecule has 43 heavy (non-hydrogen) atoms. The first-order valence-electron chi connectivity index (χ1n) is 13.7. The third kappa shape index (κ3) is 8.66. The van der Waals surface area contributed by atoms with Gasteiger partial charge in [-0.25, -0.2) is 13.2 Å². The summed E-state index contributed by atoms with van der Waals surface area (Å²) in [4.78, 5) is 28.4. The number of hydrogen-bond acceptors (Lipinski definition) is 8. The van der Waals surface area contributed by atoms with Crippen molar-refractivity contribution in [3.05, 3.63) is 120 Å². The molecule has 0 aliphatic carbocycles. The van der Waals surface area contributed by atoms with Crippen molar-refractivity contribution in [3.8, 4) is 11.4 Å². The number of nitrogens with one attached hydrogen (secondary N) is 2. The molecular weight excluding hydrogens is 583 g/mol. The molecule has 0 unspecified atom stereocenters. The molecule has 2 heterocycles. The summed E-state index contributed by atoms with van der Waals surface area (Å²) < 4.78 is 29.8. The fraction of sp³-hybridized carbons (Fsp3) is 0.194. The van der Waals surface area contributed by atoms with Gasteiger partial charge in [-0.2, -0.15) is 9.36 Å². The monoisotopic (exact) mass is 613 g/mol. The molecule has 0 saturated heterocycles. The summed E-state index contributed by atoms with van der Waals surface area (Å²) in [7, 11) is -3.38. The van der Waals surface area contributed by atoms with Crippen molar-refractivity contribution in [3.63, 3.8) is 0 Å². The van der Waals surface area contributed by atoms with E-state index in [0.29, 0.717) is 41.7 Å². The first-order valence-corrected chi connectivity index (χ1v) is 16.3. The van der Waals surface area contributed by atoms with Crippen LogP contribution in [0.4, 0.5) is 15.6 Å². The lowest BCUT2D eigenvalue weighted by atomic mass is 9.88. The van der Waals surface area contributed by atoms with Crippen LogP contribution in [0.5, 0.6) is 0 Å². The molecule has 0 aliphatic heterocycles. The Bertz CT molecular complexity index is 1680. The van der Waals surface area contributed by atoms with Crippen molar-refractivity contribution in [2.75, 3.05) is 29.4 Å². The first-order chi connectivity index (χ1) is 20.8. The highest BCUT2D eigenvalue weighted by Crippen LogP contribution is 2.29. The summed E-state index contributed by atoms with van der Waals surface area (Å²) in [6.07, 6.45) is 7.35. The Labute approximate surface area is 255 Å². The van der Waals surface area contributed by atoms with Gasteiger partial charge in [-0.15, -0.1) is 0 Å². The van der Waals surface area contributed by atoms with Crippen LogP contribution in [-0.4, -0.2) is 58.0 Å².